The second-order valence-electron chi connectivity index (χ2n) is 3.78. The van der Waals surface area contributed by atoms with Crippen molar-refractivity contribution in [1.29, 1.82) is 0 Å². The van der Waals surface area contributed by atoms with Gasteiger partial charge < -0.3 is 4.74 Å². The molecule has 0 aliphatic rings. The van der Waals surface area contributed by atoms with Crippen molar-refractivity contribution in [2.75, 3.05) is 13.2 Å². The number of hydrogen-bond acceptors (Lipinski definition) is 4. The minimum absolute atomic E-state index is 0.0222. The molecule has 98 valence electrons. The van der Waals surface area contributed by atoms with Crippen molar-refractivity contribution in [1.82, 2.24) is 5.32 Å². The van der Waals surface area contributed by atoms with Gasteiger partial charge in [0.25, 0.3) is 0 Å². The van der Waals surface area contributed by atoms with Gasteiger partial charge in [0.1, 0.15) is 0 Å². The second-order valence-corrected chi connectivity index (χ2v) is 4.22. The Kier molecular flexibility index (Phi) is 5.82. The topological polar surface area (TPSA) is 55.4 Å². The van der Waals surface area contributed by atoms with Crippen molar-refractivity contribution < 1.29 is 14.3 Å². The van der Waals surface area contributed by atoms with Crippen LogP contribution in [0.25, 0.3) is 0 Å². The van der Waals surface area contributed by atoms with Crippen molar-refractivity contribution in [3.63, 3.8) is 0 Å². The first kappa shape index (κ1) is 14.7. The molecule has 0 radical (unpaired) electrons. The summed E-state index contributed by atoms with van der Waals surface area (Å²) in [7, 11) is 0. The van der Waals surface area contributed by atoms with Crippen LogP contribution in [0.15, 0.2) is 24.3 Å². The van der Waals surface area contributed by atoms with Gasteiger partial charge in [0.05, 0.1) is 19.2 Å². The third-order valence-electron chi connectivity index (χ3n) is 2.38. The standard InChI is InChI=1S/C13H16ClNO3/c1-3-18-12(16)8-15-9(2)13(17)10-4-6-11(14)7-5-10/h4-7,9,15H,3,8H2,1-2H3. The summed E-state index contributed by atoms with van der Waals surface area (Å²) in [6.07, 6.45) is 0. The molecule has 1 aromatic carbocycles. The van der Waals surface area contributed by atoms with Gasteiger partial charge in [-0.25, -0.2) is 0 Å². The summed E-state index contributed by atoms with van der Waals surface area (Å²) in [5.74, 6) is -0.454. The molecule has 18 heavy (non-hydrogen) atoms. The van der Waals surface area contributed by atoms with Crippen LogP contribution in [0.5, 0.6) is 0 Å². The second kappa shape index (κ2) is 7.13. The predicted octanol–water partition coefficient (Wildman–Crippen LogP) is 2.06. The van der Waals surface area contributed by atoms with Gasteiger partial charge in [0.2, 0.25) is 0 Å². The smallest absolute Gasteiger partial charge is 0.319 e. The van der Waals surface area contributed by atoms with Crippen molar-refractivity contribution in [3.8, 4) is 0 Å². The van der Waals surface area contributed by atoms with E-state index in [1.54, 1.807) is 38.1 Å². The fourth-order valence-corrected chi connectivity index (χ4v) is 1.53. The van der Waals surface area contributed by atoms with Gasteiger partial charge in [-0.15, -0.1) is 0 Å². The summed E-state index contributed by atoms with van der Waals surface area (Å²) >= 11 is 5.75. The fraction of sp³-hybridized carbons (Fsp3) is 0.385. The highest BCUT2D eigenvalue weighted by Crippen LogP contribution is 2.11. The van der Waals surface area contributed by atoms with E-state index in [0.29, 0.717) is 17.2 Å². The number of halogens is 1. The van der Waals surface area contributed by atoms with E-state index in [9.17, 15) is 9.59 Å². The van der Waals surface area contributed by atoms with Crippen molar-refractivity contribution >= 4 is 23.4 Å². The molecule has 1 atom stereocenters. The molecule has 0 bridgehead atoms. The molecular formula is C13H16ClNO3. The highest BCUT2D eigenvalue weighted by atomic mass is 35.5. The first-order chi connectivity index (χ1) is 8.54. The van der Waals surface area contributed by atoms with Crippen LogP contribution in [-0.2, 0) is 9.53 Å². The molecule has 0 saturated heterocycles. The van der Waals surface area contributed by atoms with Crippen molar-refractivity contribution in [3.05, 3.63) is 34.9 Å². The Bertz CT molecular complexity index is 417. The first-order valence-electron chi connectivity index (χ1n) is 5.73. The number of ether oxygens (including phenoxy) is 1. The van der Waals surface area contributed by atoms with Crippen LogP contribution in [-0.4, -0.2) is 30.9 Å². The number of carbonyl (C=O) groups is 2. The molecule has 0 saturated carbocycles. The number of Topliss-reactive ketones (excluding diaryl/α,β-unsaturated/α-hetero) is 1. The van der Waals surface area contributed by atoms with Gasteiger partial charge >= 0.3 is 5.97 Å². The number of carbonyl (C=O) groups excluding carboxylic acids is 2. The van der Waals surface area contributed by atoms with Gasteiger partial charge in [0.15, 0.2) is 5.78 Å². The van der Waals surface area contributed by atoms with Gasteiger partial charge in [-0.2, -0.15) is 0 Å². The van der Waals surface area contributed by atoms with E-state index in [4.69, 9.17) is 16.3 Å². The quantitative estimate of drug-likeness (QED) is 0.634. The Morgan fingerprint density at radius 2 is 1.94 bits per heavy atom. The van der Waals surface area contributed by atoms with Crippen LogP contribution in [0, 0.1) is 0 Å². The van der Waals surface area contributed by atoms with E-state index < -0.39 is 6.04 Å². The van der Waals surface area contributed by atoms with Crippen LogP contribution < -0.4 is 5.32 Å². The molecule has 0 aliphatic heterocycles. The normalized spacial score (nSPS) is 11.9. The molecule has 0 spiro atoms. The lowest BCUT2D eigenvalue weighted by Crippen LogP contribution is -2.38. The highest BCUT2D eigenvalue weighted by molar-refractivity contribution is 6.30. The van der Waals surface area contributed by atoms with Crippen LogP contribution in [0.2, 0.25) is 5.02 Å². The fourth-order valence-electron chi connectivity index (χ4n) is 1.41. The molecule has 1 rings (SSSR count). The van der Waals surface area contributed by atoms with Crippen LogP contribution in [0.3, 0.4) is 0 Å². The third kappa shape index (κ3) is 4.47. The van der Waals surface area contributed by atoms with E-state index in [0.717, 1.165) is 0 Å². The summed E-state index contributed by atoms with van der Waals surface area (Å²) < 4.78 is 4.76. The molecular weight excluding hydrogens is 254 g/mol. The van der Waals surface area contributed by atoms with E-state index in [-0.39, 0.29) is 18.3 Å². The molecule has 0 aliphatic carbocycles. The van der Waals surface area contributed by atoms with Crippen LogP contribution >= 0.6 is 11.6 Å². The molecule has 4 nitrogen and oxygen atoms in total. The Labute approximate surface area is 111 Å². The molecule has 1 aromatic rings. The molecule has 1 N–H and O–H groups in total. The zero-order chi connectivity index (χ0) is 13.5. The van der Waals surface area contributed by atoms with E-state index in [1.807, 2.05) is 0 Å². The first-order valence-corrected chi connectivity index (χ1v) is 6.11. The Morgan fingerprint density at radius 1 is 1.33 bits per heavy atom. The average Bonchev–Trinajstić information content (AvgIpc) is 2.36. The molecule has 0 fully saturated rings. The zero-order valence-electron chi connectivity index (χ0n) is 10.4. The van der Waals surface area contributed by atoms with Crippen LogP contribution in [0.1, 0.15) is 24.2 Å². The molecule has 0 aromatic heterocycles. The lowest BCUT2D eigenvalue weighted by atomic mass is 10.1. The minimum Gasteiger partial charge on any atom is -0.465 e. The number of hydrogen-bond donors (Lipinski definition) is 1. The molecule has 5 heteroatoms. The summed E-state index contributed by atoms with van der Waals surface area (Å²) in [6, 6.07) is 6.19. The predicted molar refractivity (Wildman–Crippen MR) is 69.9 cm³/mol. The number of ketones is 1. The summed E-state index contributed by atoms with van der Waals surface area (Å²) in [6.45, 7) is 3.80. The largest absolute Gasteiger partial charge is 0.465 e. The van der Waals surface area contributed by atoms with E-state index in [2.05, 4.69) is 5.32 Å². The number of benzene rings is 1. The van der Waals surface area contributed by atoms with Crippen molar-refractivity contribution in [2.45, 2.75) is 19.9 Å². The summed E-state index contributed by atoms with van der Waals surface area (Å²) in [5, 5.41) is 3.41. The average molecular weight is 270 g/mol. The number of nitrogens with one attached hydrogen (secondary N) is 1. The summed E-state index contributed by atoms with van der Waals surface area (Å²) in [4.78, 5) is 23.1. The zero-order valence-corrected chi connectivity index (χ0v) is 11.2. The van der Waals surface area contributed by atoms with Gasteiger partial charge in [-0.05, 0) is 38.1 Å². The summed E-state index contributed by atoms with van der Waals surface area (Å²) in [5.41, 5.74) is 0.559. The monoisotopic (exact) mass is 269 g/mol. The van der Waals surface area contributed by atoms with Gasteiger partial charge in [-0.1, -0.05) is 11.6 Å². The lowest BCUT2D eigenvalue weighted by Gasteiger charge is -2.12. The Hall–Kier alpha value is -1.39. The maximum Gasteiger partial charge on any atom is 0.319 e. The Morgan fingerprint density at radius 3 is 2.50 bits per heavy atom. The maximum absolute atomic E-state index is 12.0. The number of rotatable bonds is 6. The Balaban J connectivity index is 2.51. The SMILES string of the molecule is CCOC(=O)CNC(C)C(=O)c1ccc(Cl)cc1. The van der Waals surface area contributed by atoms with E-state index >= 15 is 0 Å². The van der Waals surface area contributed by atoms with Crippen LogP contribution in [0.4, 0.5) is 0 Å². The number of esters is 1. The molecule has 0 amide bonds. The molecule has 1 unspecified atom stereocenters. The van der Waals surface area contributed by atoms with Crippen molar-refractivity contribution in [2.24, 2.45) is 0 Å². The third-order valence-corrected chi connectivity index (χ3v) is 2.63. The van der Waals surface area contributed by atoms with E-state index in [1.165, 1.54) is 0 Å². The maximum atomic E-state index is 12.0. The lowest BCUT2D eigenvalue weighted by molar-refractivity contribution is -0.142. The van der Waals surface area contributed by atoms with Gasteiger partial charge in [0, 0.05) is 10.6 Å². The van der Waals surface area contributed by atoms with Gasteiger partial charge in [-0.3, -0.25) is 14.9 Å². The highest BCUT2D eigenvalue weighted by Gasteiger charge is 2.15. The molecule has 0 heterocycles. The minimum atomic E-state index is -0.449.